The Balaban J connectivity index is 1.41. The van der Waals surface area contributed by atoms with Crippen LogP contribution in [0.5, 0.6) is 11.6 Å². The van der Waals surface area contributed by atoms with E-state index in [1.807, 2.05) is 6.07 Å². The Morgan fingerprint density at radius 3 is 2.91 bits per heavy atom. The molecule has 4 aromatic rings. The zero-order chi connectivity index (χ0) is 22.9. The summed E-state index contributed by atoms with van der Waals surface area (Å²) in [5.41, 5.74) is 1.50. The van der Waals surface area contributed by atoms with E-state index in [1.165, 1.54) is 17.7 Å². The van der Waals surface area contributed by atoms with E-state index in [-0.39, 0.29) is 27.9 Å². The van der Waals surface area contributed by atoms with Crippen molar-refractivity contribution in [2.24, 2.45) is 0 Å². The molecule has 5 rings (SSSR count). The normalized spacial score (nSPS) is 13.9. The van der Waals surface area contributed by atoms with Crippen LogP contribution in [-0.2, 0) is 0 Å². The molecule has 1 aliphatic rings. The molecular formula is C22H21FN6O3S. The summed E-state index contributed by atoms with van der Waals surface area (Å²) in [6.45, 7) is 3.39. The predicted octanol–water partition coefficient (Wildman–Crippen LogP) is 3.00. The second kappa shape index (κ2) is 8.68. The molecule has 1 amide bonds. The zero-order valence-electron chi connectivity index (χ0n) is 17.7. The molecular weight excluding hydrogens is 447 g/mol. The van der Waals surface area contributed by atoms with Gasteiger partial charge in [-0.05, 0) is 18.2 Å². The Morgan fingerprint density at radius 2 is 2.12 bits per heavy atom. The number of thiazole rings is 1. The first-order valence-corrected chi connectivity index (χ1v) is 11.2. The SMILES string of the molecule is COc1ccc2cn(-c3csc(C(=O)Nc4cnccc4N4CCNCC4)n3)c(O)c2c1F. The first kappa shape index (κ1) is 21.2. The topological polar surface area (TPSA) is 105 Å². The largest absolute Gasteiger partial charge is 0.494 e. The Kier molecular flexibility index (Phi) is 5.56. The summed E-state index contributed by atoms with van der Waals surface area (Å²) in [7, 11) is 1.36. The summed E-state index contributed by atoms with van der Waals surface area (Å²) >= 11 is 1.13. The van der Waals surface area contributed by atoms with Gasteiger partial charge in [-0.2, -0.15) is 0 Å². The minimum atomic E-state index is -0.656. The van der Waals surface area contributed by atoms with E-state index in [0.29, 0.717) is 16.9 Å². The average molecular weight is 469 g/mol. The first-order valence-electron chi connectivity index (χ1n) is 10.3. The van der Waals surface area contributed by atoms with Crippen LogP contribution in [0.25, 0.3) is 16.6 Å². The van der Waals surface area contributed by atoms with Crippen molar-refractivity contribution in [3.8, 4) is 17.4 Å². The fraction of sp³-hybridized carbons (Fsp3) is 0.227. The van der Waals surface area contributed by atoms with Crippen molar-refractivity contribution in [3.63, 3.8) is 0 Å². The Hall–Kier alpha value is -3.70. The number of aromatic hydroxyl groups is 1. The number of nitrogens with zero attached hydrogens (tertiary/aromatic N) is 4. The molecule has 0 atom stereocenters. The molecule has 3 aromatic heterocycles. The maximum Gasteiger partial charge on any atom is 0.284 e. The molecule has 0 radical (unpaired) electrons. The highest BCUT2D eigenvalue weighted by atomic mass is 32.1. The van der Waals surface area contributed by atoms with Crippen LogP contribution >= 0.6 is 11.3 Å². The van der Waals surface area contributed by atoms with E-state index in [0.717, 1.165) is 43.2 Å². The molecule has 1 fully saturated rings. The molecule has 11 heteroatoms. The molecule has 0 bridgehead atoms. The molecule has 1 aromatic carbocycles. The first-order chi connectivity index (χ1) is 16.1. The quantitative estimate of drug-likeness (QED) is 0.414. The number of piperazine rings is 1. The number of halogens is 1. The van der Waals surface area contributed by atoms with Crippen LogP contribution in [0, 0.1) is 5.82 Å². The second-order valence-corrected chi connectivity index (χ2v) is 8.32. The second-order valence-electron chi connectivity index (χ2n) is 7.46. The number of benzene rings is 1. The van der Waals surface area contributed by atoms with Crippen LogP contribution in [-0.4, -0.2) is 58.8 Å². The minimum absolute atomic E-state index is 0.0318. The summed E-state index contributed by atoms with van der Waals surface area (Å²) in [6.07, 6.45) is 4.88. The van der Waals surface area contributed by atoms with Gasteiger partial charge in [-0.25, -0.2) is 9.37 Å². The summed E-state index contributed by atoms with van der Waals surface area (Å²) in [5, 5.41) is 19.2. The molecule has 0 saturated carbocycles. The van der Waals surface area contributed by atoms with E-state index in [9.17, 15) is 14.3 Å². The fourth-order valence-corrected chi connectivity index (χ4v) is 4.57. The predicted molar refractivity (Wildman–Crippen MR) is 124 cm³/mol. The molecule has 0 aliphatic carbocycles. The lowest BCUT2D eigenvalue weighted by molar-refractivity contribution is 0.102. The number of amides is 1. The molecule has 1 saturated heterocycles. The Morgan fingerprint density at radius 1 is 1.30 bits per heavy atom. The van der Waals surface area contributed by atoms with Crippen LogP contribution in [0.3, 0.4) is 0 Å². The van der Waals surface area contributed by atoms with E-state index in [2.05, 4.69) is 25.5 Å². The smallest absolute Gasteiger partial charge is 0.284 e. The highest BCUT2D eigenvalue weighted by molar-refractivity contribution is 7.12. The molecule has 3 N–H and O–H groups in total. The maximum atomic E-state index is 14.6. The average Bonchev–Trinajstić information content (AvgIpc) is 3.45. The Bertz CT molecular complexity index is 1330. The number of rotatable bonds is 5. The number of fused-ring (bicyclic) bond motifs is 1. The molecule has 170 valence electrons. The van der Waals surface area contributed by atoms with Gasteiger partial charge in [0, 0.05) is 49.3 Å². The highest BCUT2D eigenvalue weighted by Gasteiger charge is 2.21. The maximum absolute atomic E-state index is 14.6. The van der Waals surface area contributed by atoms with E-state index in [1.54, 1.807) is 30.0 Å². The van der Waals surface area contributed by atoms with Gasteiger partial charge in [-0.15, -0.1) is 11.3 Å². The van der Waals surface area contributed by atoms with Crippen LogP contribution in [0.2, 0.25) is 0 Å². The van der Waals surface area contributed by atoms with Crippen molar-refractivity contribution < 1.29 is 19.0 Å². The van der Waals surface area contributed by atoms with Crippen molar-refractivity contribution >= 4 is 39.4 Å². The highest BCUT2D eigenvalue weighted by Crippen LogP contribution is 2.36. The molecule has 9 nitrogen and oxygen atoms in total. The van der Waals surface area contributed by atoms with E-state index in [4.69, 9.17) is 4.74 Å². The van der Waals surface area contributed by atoms with E-state index < -0.39 is 5.82 Å². The number of hydrogen-bond acceptors (Lipinski definition) is 8. The van der Waals surface area contributed by atoms with Crippen LogP contribution in [0.1, 0.15) is 9.80 Å². The van der Waals surface area contributed by atoms with Gasteiger partial charge in [0.05, 0.1) is 30.1 Å². The summed E-state index contributed by atoms with van der Waals surface area (Å²) in [5.74, 6) is -1.01. The fourth-order valence-electron chi connectivity index (χ4n) is 3.88. The number of hydrogen-bond donors (Lipinski definition) is 3. The van der Waals surface area contributed by atoms with Gasteiger partial charge in [0.25, 0.3) is 5.91 Å². The monoisotopic (exact) mass is 468 g/mol. The number of ether oxygens (including phenoxy) is 1. The summed E-state index contributed by atoms with van der Waals surface area (Å²) < 4.78 is 21.0. The van der Waals surface area contributed by atoms with Gasteiger partial charge in [0.2, 0.25) is 5.88 Å². The zero-order valence-corrected chi connectivity index (χ0v) is 18.5. The number of pyridine rings is 1. The van der Waals surface area contributed by atoms with Gasteiger partial charge >= 0.3 is 0 Å². The van der Waals surface area contributed by atoms with Gasteiger partial charge in [0.15, 0.2) is 22.4 Å². The Labute approximate surface area is 192 Å². The third-order valence-electron chi connectivity index (χ3n) is 5.52. The van der Waals surface area contributed by atoms with Crippen molar-refractivity contribution in [2.75, 3.05) is 43.5 Å². The van der Waals surface area contributed by atoms with E-state index >= 15 is 0 Å². The number of nitrogens with one attached hydrogen (secondary N) is 2. The van der Waals surface area contributed by atoms with Gasteiger partial charge < -0.3 is 25.4 Å². The summed E-state index contributed by atoms with van der Waals surface area (Å²) in [4.78, 5) is 23.6. The number of methoxy groups -OCH3 is 1. The lowest BCUT2D eigenvalue weighted by Crippen LogP contribution is -2.43. The molecule has 0 spiro atoms. The van der Waals surface area contributed by atoms with Crippen LogP contribution < -0.4 is 20.3 Å². The van der Waals surface area contributed by atoms with Crippen molar-refractivity contribution in [2.45, 2.75) is 0 Å². The summed E-state index contributed by atoms with van der Waals surface area (Å²) in [6, 6.07) is 5.01. The number of carbonyl (C=O) groups excluding carboxylic acids is 1. The standard InChI is InChI=1S/C22H21FN6O3S/c1-32-16-3-2-13-11-29(22(31)18(13)19(16)23)17-12-33-21(27-17)20(30)26-14-10-25-5-4-15(14)28-8-6-24-7-9-28/h2-5,10-12,24,31H,6-9H2,1H3,(H,26,30). The molecule has 1 aliphatic heterocycles. The molecule has 33 heavy (non-hydrogen) atoms. The third-order valence-corrected chi connectivity index (χ3v) is 6.34. The van der Waals surface area contributed by atoms with Gasteiger partial charge in [-0.3, -0.25) is 14.3 Å². The van der Waals surface area contributed by atoms with Gasteiger partial charge in [0.1, 0.15) is 0 Å². The number of carbonyl (C=O) groups is 1. The van der Waals surface area contributed by atoms with Gasteiger partial charge in [-0.1, -0.05) is 0 Å². The van der Waals surface area contributed by atoms with Crippen LogP contribution in [0.4, 0.5) is 15.8 Å². The number of aromatic nitrogens is 3. The molecule has 4 heterocycles. The van der Waals surface area contributed by atoms with Crippen molar-refractivity contribution in [3.05, 3.63) is 53.0 Å². The molecule has 0 unspecified atom stereocenters. The minimum Gasteiger partial charge on any atom is -0.494 e. The van der Waals surface area contributed by atoms with Crippen molar-refractivity contribution in [1.29, 1.82) is 0 Å². The van der Waals surface area contributed by atoms with Crippen LogP contribution in [0.15, 0.2) is 42.2 Å². The lowest BCUT2D eigenvalue weighted by Gasteiger charge is -2.30. The number of anilines is 2. The third kappa shape index (κ3) is 3.85. The van der Waals surface area contributed by atoms with Crippen molar-refractivity contribution in [1.82, 2.24) is 19.9 Å². The lowest BCUT2D eigenvalue weighted by atomic mass is 10.2.